The molecule has 9 heteroatoms. The van der Waals surface area contributed by atoms with Crippen LogP contribution in [-0.2, 0) is 16.0 Å². The number of thiazole rings is 1. The maximum Gasteiger partial charge on any atom is 0.227 e. The van der Waals surface area contributed by atoms with Gasteiger partial charge in [0.1, 0.15) is 0 Å². The Morgan fingerprint density at radius 1 is 1.03 bits per heavy atom. The summed E-state index contributed by atoms with van der Waals surface area (Å²) in [6.45, 7) is 3.80. The van der Waals surface area contributed by atoms with Gasteiger partial charge < -0.3 is 15.2 Å². The van der Waals surface area contributed by atoms with Crippen LogP contribution < -0.4 is 10.6 Å². The van der Waals surface area contributed by atoms with E-state index in [0.717, 1.165) is 15.8 Å². The second-order valence-electron chi connectivity index (χ2n) is 7.03. The van der Waals surface area contributed by atoms with Crippen LogP contribution in [-0.4, -0.2) is 26.9 Å². The summed E-state index contributed by atoms with van der Waals surface area (Å²) < 4.78 is 6.20. The van der Waals surface area contributed by atoms with E-state index in [1.54, 1.807) is 13.0 Å². The topological polar surface area (TPSA) is 110 Å². The minimum Gasteiger partial charge on any atom is -0.339 e. The molecule has 0 aliphatic rings. The molecule has 0 atom stereocenters. The first-order valence-corrected chi connectivity index (χ1v) is 10.7. The number of aryl methyl sites for hydroxylation is 2. The van der Waals surface area contributed by atoms with Crippen molar-refractivity contribution in [1.82, 2.24) is 15.1 Å². The quantitative estimate of drug-likeness (QED) is 0.440. The normalized spacial score (nSPS) is 10.9. The number of aromatic nitrogens is 3. The van der Waals surface area contributed by atoms with Crippen LogP contribution in [0, 0.1) is 6.92 Å². The van der Waals surface area contributed by atoms with Crippen LogP contribution in [0.5, 0.6) is 0 Å². The molecule has 0 aliphatic heterocycles. The number of fused-ring (bicyclic) bond motifs is 1. The average Bonchev–Trinajstić information content (AvgIpc) is 3.39. The molecule has 158 valence electrons. The van der Waals surface area contributed by atoms with E-state index < -0.39 is 0 Å². The van der Waals surface area contributed by atoms with Gasteiger partial charge >= 0.3 is 0 Å². The molecule has 4 rings (SSSR count). The lowest BCUT2D eigenvalue weighted by molar-refractivity contribution is -0.116. The molecule has 0 fully saturated rings. The van der Waals surface area contributed by atoms with Crippen molar-refractivity contribution in [3.05, 3.63) is 53.9 Å². The first-order valence-electron chi connectivity index (χ1n) is 9.90. The highest BCUT2D eigenvalue weighted by molar-refractivity contribution is 7.22. The van der Waals surface area contributed by atoms with Crippen molar-refractivity contribution >= 4 is 44.2 Å². The van der Waals surface area contributed by atoms with E-state index in [2.05, 4.69) is 25.8 Å². The summed E-state index contributed by atoms with van der Waals surface area (Å²) in [6.07, 6.45) is 0.947. The Balaban J connectivity index is 1.35. The molecular formula is C22H21N5O3S. The maximum atomic E-state index is 12.3. The predicted molar refractivity (Wildman–Crippen MR) is 120 cm³/mol. The van der Waals surface area contributed by atoms with Gasteiger partial charge in [-0.05, 0) is 25.1 Å². The van der Waals surface area contributed by atoms with Crippen molar-refractivity contribution in [2.45, 2.75) is 33.1 Å². The molecule has 2 amide bonds. The van der Waals surface area contributed by atoms with E-state index in [9.17, 15) is 9.59 Å². The Kier molecular flexibility index (Phi) is 6.03. The number of benzene rings is 2. The van der Waals surface area contributed by atoms with E-state index in [4.69, 9.17) is 4.52 Å². The van der Waals surface area contributed by atoms with Gasteiger partial charge in [0.15, 0.2) is 5.13 Å². The summed E-state index contributed by atoms with van der Waals surface area (Å²) in [5, 5.41) is 10.1. The summed E-state index contributed by atoms with van der Waals surface area (Å²) in [6, 6.07) is 13.3. The SMILES string of the molecule is CCC(=O)Nc1nc2cc(NC(=O)CCc3nc(-c4ccc(C)cc4)no3)ccc2s1. The van der Waals surface area contributed by atoms with Gasteiger partial charge in [0.2, 0.25) is 23.5 Å². The third-order valence-corrected chi connectivity index (χ3v) is 5.53. The number of carbonyl (C=O) groups excluding carboxylic acids is 2. The average molecular weight is 436 g/mol. The smallest absolute Gasteiger partial charge is 0.227 e. The fourth-order valence-corrected chi connectivity index (χ4v) is 3.75. The van der Waals surface area contributed by atoms with E-state index >= 15 is 0 Å². The maximum absolute atomic E-state index is 12.3. The van der Waals surface area contributed by atoms with Gasteiger partial charge in [-0.2, -0.15) is 4.98 Å². The minimum absolute atomic E-state index is 0.0841. The Bertz CT molecular complexity index is 1230. The molecule has 0 spiro atoms. The molecule has 8 nitrogen and oxygen atoms in total. The molecule has 2 aromatic heterocycles. The zero-order valence-corrected chi connectivity index (χ0v) is 18.0. The van der Waals surface area contributed by atoms with Crippen LogP contribution in [0.1, 0.15) is 31.2 Å². The van der Waals surface area contributed by atoms with Crippen molar-refractivity contribution in [1.29, 1.82) is 0 Å². The van der Waals surface area contributed by atoms with Gasteiger partial charge in [0.25, 0.3) is 0 Å². The minimum atomic E-state index is -0.163. The van der Waals surface area contributed by atoms with Gasteiger partial charge in [-0.3, -0.25) is 9.59 Å². The van der Waals surface area contributed by atoms with Crippen LogP contribution in [0.2, 0.25) is 0 Å². The van der Waals surface area contributed by atoms with E-state index in [1.165, 1.54) is 11.3 Å². The largest absolute Gasteiger partial charge is 0.339 e. The van der Waals surface area contributed by atoms with Gasteiger partial charge in [-0.1, -0.05) is 53.2 Å². The van der Waals surface area contributed by atoms with Crippen molar-refractivity contribution in [3.63, 3.8) is 0 Å². The number of nitrogens with one attached hydrogen (secondary N) is 2. The van der Waals surface area contributed by atoms with E-state index in [0.29, 0.717) is 40.9 Å². The number of nitrogens with zero attached hydrogens (tertiary/aromatic N) is 3. The third-order valence-electron chi connectivity index (χ3n) is 4.58. The summed E-state index contributed by atoms with van der Waals surface area (Å²) >= 11 is 1.39. The van der Waals surface area contributed by atoms with Gasteiger partial charge in [0, 0.05) is 30.5 Å². The van der Waals surface area contributed by atoms with Crippen molar-refractivity contribution in [2.24, 2.45) is 0 Å². The lowest BCUT2D eigenvalue weighted by Crippen LogP contribution is -2.12. The van der Waals surface area contributed by atoms with Crippen LogP contribution in [0.4, 0.5) is 10.8 Å². The molecule has 2 N–H and O–H groups in total. The summed E-state index contributed by atoms with van der Waals surface area (Å²) in [5.74, 6) is 0.677. The Morgan fingerprint density at radius 2 is 1.84 bits per heavy atom. The molecule has 4 aromatic rings. The second kappa shape index (κ2) is 9.05. The number of anilines is 2. The van der Waals surface area contributed by atoms with Gasteiger partial charge in [0.05, 0.1) is 10.2 Å². The Labute approximate surface area is 182 Å². The summed E-state index contributed by atoms with van der Waals surface area (Å²) in [4.78, 5) is 32.6. The molecule has 0 aliphatic carbocycles. The predicted octanol–water partition coefficient (Wildman–Crippen LogP) is 4.57. The van der Waals surface area contributed by atoms with E-state index in [-0.39, 0.29) is 18.2 Å². The van der Waals surface area contributed by atoms with Crippen LogP contribution in [0.15, 0.2) is 47.0 Å². The molecule has 2 heterocycles. The highest BCUT2D eigenvalue weighted by Gasteiger charge is 2.12. The monoisotopic (exact) mass is 435 g/mol. The van der Waals surface area contributed by atoms with Gasteiger partial charge in [-0.25, -0.2) is 4.98 Å². The fraction of sp³-hybridized carbons (Fsp3) is 0.227. The Hall–Kier alpha value is -3.59. The van der Waals surface area contributed by atoms with Crippen molar-refractivity contribution in [3.8, 4) is 11.4 Å². The molecule has 0 saturated carbocycles. The standard InChI is InChI=1S/C22H21N5O3S/c1-3-18(28)25-22-24-16-12-15(8-9-17(16)31-22)23-19(29)10-11-20-26-21(27-30-20)14-6-4-13(2)5-7-14/h4-9,12H,3,10-11H2,1-2H3,(H,23,29)(H,24,25,28). The lowest BCUT2D eigenvalue weighted by Gasteiger charge is -2.03. The fourth-order valence-electron chi connectivity index (χ4n) is 2.89. The molecule has 0 bridgehead atoms. The number of carbonyl (C=O) groups is 2. The zero-order valence-electron chi connectivity index (χ0n) is 17.1. The first-order chi connectivity index (χ1) is 15.0. The highest BCUT2D eigenvalue weighted by Crippen LogP contribution is 2.28. The van der Waals surface area contributed by atoms with Crippen LogP contribution in [0.3, 0.4) is 0 Å². The first kappa shape index (κ1) is 20.7. The van der Waals surface area contributed by atoms with Crippen molar-refractivity contribution < 1.29 is 14.1 Å². The number of rotatable bonds is 7. The molecule has 0 radical (unpaired) electrons. The van der Waals surface area contributed by atoms with Crippen LogP contribution in [0.25, 0.3) is 21.6 Å². The zero-order chi connectivity index (χ0) is 21.8. The summed E-state index contributed by atoms with van der Waals surface area (Å²) in [7, 11) is 0. The second-order valence-corrected chi connectivity index (χ2v) is 8.06. The Morgan fingerprint density at radius 3 is 2.61 bits per heavy atom. The summed E-state index contributed by atoms with van der Waals surface area (Å²) in [5.41, 5.74) is 3.38. The molecule has 0 saturated heterocycles. The van der Waals surface area contributed by atoms with Gasteiger partial charge in [-0.15, -0.1) is 0 Å². The van der Waals surface area contributed by atoms with Crippen LogP contribution >= 0.6 is 11.3 Å². The molecular weight excluding hydrogens is 414 g/mol. The highest BCUT2D eigenvalue weighted by atomic mass is 32.1. The number of amides is 2. The van der Waals surface area contributed by atoms with E-state index in [1.807, 2.05) is 43.3 Å². The molecule has 31 heavy (non-hydrogen) atoms. The lowest BCUT2D eigenvalue weighted by atomic mass is 10.1. The third kappa shape index (κ3) is 5.13. The van der Waals surface area contributed by atoms with Crippen molar-refractivity contribution in [2.75, 3.05) is 10.6 Å². The number of hydrogen-bond acceptors (Lipinski definition) is 7. The number of hydrogen-bond donors (Lipinski definition) is 2. The molecule has 2 aromatic carbocycles. The molecule has 0 unspecified atom stereocenters.